The molecule has 7 rings (SSSR count). The normalized spacial score (nSPS) is 27.9. The van der Waals surface area contributed by atoms with E-state index in [2.05, 4.69) is 37.2 Å². The van der Waals surface area contributed by atoms with Gasteiger partial charge >= 0.3 is 6.18 Å². The zero-order valence-corrected chi connectivity index (χ0v) is 24.0. The Morgan fingerprint density at radius 2 is 1.71 bits per heavy atom. The van der Waals surface area contributed by atoms with Crippen molar-refractivity contribution >= 4 is 0 Å². The first kappa shape index (κ1) is 27.8. The highest BCUT2D eigenvalue weighted by molar-refractivity contribution is 5.23. The Bertz CT molecular complexity index is 1380. The molecule has 4 fully saturated rings. The predicted molar refractivity (Wildman–Crippen MR) is 147 cm³/mol. The number of ether oxygens (including phenoxy) is 2. The average molecular weight is 586 g/mol. The summed E-state index contributed by atoms with van der Waals surface area (Å²) in [6, 6.07) is 3.02. The second-order valence-electron chi connectivity index (χ2n) is 12.7. The fourth-order valence-corrected chi connectivity index (χ4v) is 7.39. The highest BCUT2D eigenvalue weighted by Gasteiger charge is 2.51. The fraction of sp³-hybridized carbons (Fsp3) is 0.667. The third-order valence-electron chi connectivity index (χ3n) is 10.1. The van der Waals surface area contributed by atoms with Crippen LogP contribution < -0.4 is 4.74 Å². The maximum atomic E-state index is 13.0. The van der Waals surface area contributed by atoms with Crippen molar-refractivity contribution in [2.24, 2.45) is 7.05 Å². The number of halogens is 3. The lowest BCUT2D eigenvalue weighted by atomic mass is 9.79. The van der Waals surface area contributed by atoms with E-state index in [-0.39, 0.29) is 24.0 Å². The van der Waals surface area contributed by atoms with E-state index in [4.69, 9.17) is 14.6 Å². The molecule has 3 aromatic heterocycles. The van der Waals surface area contributed by atoms with Crippen molar-refractivity contribution in [1.29, 1.82) is 0 Å². The maximum absolute atomic E-state index is 13.0. The van der Waals surface area contributed by atoms with Gasteiger partial charge < -0.3 is 14.0 Å². The molecule has 1 spiro atoms. The molecule has 2 aliphatic carbocycles. The standard InChI is InChI=1S/C30H38F3N7O2/c1-38-26(17-41-27-14-23(10-12-34-27)30(31,32)33)36-37-28(38)21-4-2-20(3-5-21)22-15-35-40(16-22)25-8-6-24(7-9-25)39-18-29(19-39)11-13-42-29/h10,12,14-16,20-21,24-25H,2-9,11,13,17-19H2,1H3/t20-,21-,24-,25-. The van der Waals surface area contributed by atoms with Crippen molar-refractivity contribution in [1.82, 2.24) is 34.4 Å². The van der Waals surface area contributed by atoms with Gasteiger partial charge in [0.25, 0.3) is 0 Å². The molecule has 12 heteroatoms. The summed E-state index contributed by atoms with van der Waals surface area (Å²) < 4.78 is 54.4. The van der Waals surface area contributed by atoms with E-state index < -0.39 is 11.7 Å². The highest BCUT2D eigenvalue weighted by Crippen LogP contribution is 2.43. The molecule has 5 heterocycles. The van der Waals surface area contributed by atoms with Gasteiger partial charge in [0.1, 0.15) is 12.4 Å². The van der Waals surface area contributed by atoms with Gasteiger partial charge in [0.2, 0.25) is 5.88 Å². The molecule has 0 atom stereocenters. The van der Waals surface area contributed by atoms with Crippen LogP contribution in [0.5, 0.6) is 5.88 Å². The molecule has 2 saturated carbocycles. The topological polar surface area (TPSA) is 83.1 Å². The van der Waals surface area contributed by atoms with Gasteiger partial charge in [-0.25, -0.2) is 4.98 Å². The molecule has 0 N–H and O–H groups in total. The summed E-state index contributed by atoms with van der Waals surface area (Å²) in [6.45, 7) is 3.18. The quantitative estimate of drug-likeness (QED) is 0.367. The third kappa shape index (κ3) is 5.43. The molecular weight excluding hydrogens is 547 g/mol. The fourth-order valence-electron chi connectivity index (χ4n) is 7.39. The Kier molecular flexibility index (Phi) is 7.24. The van der Waals surface area contributed by atoms with E-state index in [1.165, 1.54) is 37.7 Å². The Morgan fingerprint density at radius 3 is 2.40 bits per heavy atom. The summed E-state index contributed by atoms with van der Waals surface area (Å²) >= 11 is 0. The molecule has 42 heavy (non-hydrogen) atoms. The first-order valence-electron chi connectivity index (χ1n) is 15.2. The molecule has 226 valence electrons. The van der Waals surface area contributed by atoms with Crippen molar-refractivity contribution in [3.63, 3.8) is 0 Å². The van der Waals surface area contributed by atoms with E-state index in [9.17, 15) is 13.2 Å². The summed E-state index contributed by atoms with van der Waals surface area (Å²) in [7, 11) is 1.89. The van der Waals surface area contributed by atoms with Crippen molar-refractivity contribution in [3.05, 3.63) is 53.5 Å². The second kappa shape index (κ2) is 10.9. The molecule has 0 aromatic carbocycles. The molecule has 9 nitrogen and oxygen atoms in total. The predicted octanol–water partition coefficient (Wildman–Crippen LogP) is 5.40. The zero-order valence-electron chi connectivity index (χ0n) is 24.0. The first-order chi connectivity index (χ1) is 20.3. The summed E-state index contributed by atoms with van der Waals surface area (Å²) in [4.78, 5) is 6.52. The van der Waals surface area contributed by atoms with E-state index in [0.717, 1.165) is 69.5 Å². The van der Waals surface area contributed by atoms with Crippen molar-refractivity contribution in [2.75, 3.05) is 19.7 Å². The van der Waals surface area contributed by atoms with Crippen LogP contribution in [0.2, 0.25) is 0 Å². The number of alkyl halides is 3. The number of hydrogen-bond donors (Lipinski definition) is 0. The summed E-state index contributed by atoms with van der Waals surface area (Å²) in [6.07, 6.45) is 11.2. The Hall–Kier alpha value is -2.99. The molecule has 0 unspecified atom stereocenters. The zero-order chi connectivity index (χ0) is 28.9. The van der Waals surface area contributed by atoms with Gasteiger partial charge in [0, 0.05) is 57.0 Å². The van der Waals surface area contributed by atoms with E-state index >= 15 is 0 Å². The summed E-state index contributed by atoms with van der Waals surface area (Å²) in [5, 5.41) is 13.5. The number of pyridine rings is 1. The van der Waals surface area contributed by atoms with Crippen LogP contribution in [0, 0.1) is 0 Å². The van der Waals surface area contributed by atoms with E-state index in [1.54, 1.807) is 0 Å². The molecule has 2 saturated heterocycles. The monoisotopic (exact) mass is 585 g/mol. The minimum atomic E-state index is -4.45. The van der Waals surface area contributed by atoms with E-state index in [0.29, 0.717) is 23.8 Å². The van der Waals surface area contributed by atoms with Gasteiger partial charge in [-0.3, -0.25) is 9.58 Å². The van der Waals surface area contributed by atoms with Gasteiger partial charge in [0.15, 0.2) is 5.82 Å². The van der Waals surface area contributed by atoms with Crippen LogP contribution in [0.15, 0.2) is 30.7 Å². The second-order valence-corrected chi connectivity index (χ2v) is 12.7. The van der Waals surface area contributed by atoms with Crippen LogP contribution in [-0.4, -0.2) is 65.8 Å². The Labute approximate surface area is 243 Å². The van der Waals surface area contributed by atoms with Crippen molar-refractivity contribution < 1.29 is 22.6 Å². The van der Waals surface area contributed by atoms with Gasteiger partial charge in [-0.1, -0.05) is 0 Å². The van der Waals surface area contributed by atoms with Crippen LogP contribution in [0.4, 0.5) is 13.2 Å². The summed E-state index contributed by atoms with van der Waals surface area (Å²) in [5.74, 6) is 2.15. The lowest BCUT2D eigenvalue weighted by Gasteiger charge is -2.58. The summed E-state index contributed by atoms with van der Waals surface area (Å²) in [5.41, 5.74) is 0.757. The third-order valence-corrected chi connectivity index (χ3v) is 10.1. The Balaban J connectivity index is 0.891. The molecular formula is C30H38F3N7O2. The molecule has 2 aliphatic heterocycles. The maximum Gasteiger partial charge on any atom is 0.416 e. The lowest BCUT2D eigenvalue weighted by Crippen LogP contribution is -2.70. The van der Waals surface area contributed by atoms with Crippen LogP contribution in [0.3, 0.4) is 0 Å². The molecule has 3 aromatic rings. The smallest absolute Gasteiger partial charge is 0.416 e. The van der Waals surface area contributed by atoms with Crippen molar-refractivity contribution in [3.8, 4) is 5.88 Å². The van der Waals surface area contributed by atoms with Crippen molar-refractivity contribution in [2.45, 2.75) is 100 Å². The minimum absolute atomic E-state index is 0.00147. The number of rotatable bonds is 7. The minimum Gasteiger partial charge on any atom is -0.469 e. The van der Waals surface area contributed by atoms with Gasteiger partial charge in [-0.2, -0.15) is 18.3 Å². The van der Waals surface area contributed by atoms with Crippen LogP contribution in [-0.2, 0) is 24.6 Å². The number of nitrogens with zero attached hydrogens (tertiary/aromatic N) is 7. The SMILES string of the molecule is Cn1c(COc2cc(C(F)(F)F)ccn2)nnc1[C@H]1CC[C@H](c2cnn([C@H]3CC[C@H](N4CC5(CCO5)C4)CC3)c2)CC1. The highest BCUT2D eigenvalue weighted by atomic mass is 19.4. The number of aromatic nitrogens is 6. The Morgan fingerprint density at radius 1 is 1.00 bits per heavy atom. The first-order valence-corrected chi connectivity index (χ1v) is 15.2. The van der Waals surface area contributed by atoms with Gasteiger partial charge in [0.05, 0.1) is 30.0 Å². The average Bonchev–Trinajstić information content (AvgIpc) is 3.58. The molecule has 4 aliphatic rings. The molecule has 0 bridgehead atoms. The van der Waals surface area contributed by atoms with Gasteiger partial charge in [-0.15, -0.1) is 10.2 Å². The molecule has 0 radical (unpaired) electrons. The number of likely N-dealkylation sites (tertiary alicyclic amines) is 1. The van der Waals surface area contributed by atoms with E-state index in [1.807, 2.05) is 11.6 Å². The lowest BCUT2D eigenvalue weighted by molar-refractivity contribution is -0.231. The number of hydrogen-bond acceptors (Lipinski definition) is 7. The van der Waals surface area contributed by atoms with Crippen LogP contribution in [0.25, 0.3) is 0 Å². The van der Waals surface area contributed by atoms with Gasteiger partial charge in [-0.05, 0) is 68.9 Å². The van der Waals surface area contributed by atoms with Crippen LogP contribution >= 0.6 is 0 Å². The largest absolute Gasteiger partial charge is 0.469 e. The van der Waals surface area contributed by atoms with Crippen LogP contribution in [0.1, 0.15) is 98.4 Å². The molecule has 0 amide bonds.